The molecule has 0 bridgehead atoms. The van der Waals surface area contributed by atoms with E-state index >= 15 is 0 Å². The summed E-state index contributed by atoms with van der Waals surface area (Å²) in [6.45, 7) is 24.9. The zero-order valence-corrected chi connectivity index (χ0v) is 31.5. The van der Waals surface area contributed by atoms with Crippen LogP contribution in [-0.2, 0) is 19.4 Å². The highest BCUT2D eigenvalue weighted by Crippen LogP contribution is 2.27. The topological polar surface area (TPSA) is 101 Å². The lowest BCUT2D eigenvalue weighted by Crippen LogP contribution is -2.34. The number of primary amides is 1. The van der Waals surface area contributed by atoms with Crippen LogP contribution in [0.25, 0.3) is 0 Å². The summed E-state index contributed by atoms with van der Waals surface area (Å²) in [5.74, 6) is 0.444. The first-order valence-corrected chi connectivity index (χ1v) is 17.6. The summed E-state index contributed by atoms with van der Waals surface area (Å²) in [4.78, 5) is 21.9. The van der Waals surface area contributed by atoms with Crippen molar-refractivity contribution in [1.82, 2.24) is 19.4 Å². The first kappa shape index (κ1) is 41.6. The lowest BCUT2D eigenvalue weighted by Gasteiger charge is -2.31. The Bertz CT molecular complexity index is 1680. The van der Waals surface area contributed by atoms with Gasteiger partial charge in [0, 0.05) is 47.8 Å². The molecule has 2 N–H and O–H groups in total. The average molecular weight is 681 g/mol. The van der Waals surface area contributed by atoms with Crippen LogP contribution in [0, 0.1) is 43.8 Å². The number of hydrogen-bond donors (Lipinski definition) is 1. The number of carbonyl (C=O) groups excluding carboxylic acids is 1. The second-order valence-corrected chi connectivity index (χ2v) is 13.4. The predicted molar refractivity (Wildman–Crippen MR) is 204 cm³/mol. The molecule has 0 atom stereocenters. The fraction of sp³-hybridized carbons (Fsp3) is 0.429. The van der Waals surface area contributed by atoms with Crippen LogP contribution in [0.3, 0.4) is 0 Å². The maximum absolute atomic E-state index is 13.2. The summed E-state index contributed by atoms with van der Waals surface area (Å²) >= 11 is 0. The molecule has 0 saturated carbocycles. The Labute approximate surface area is 300 Å². The molecule has 2 aromatic heterocycles. The van der Waals surface area contributed by atoms with Gasteiger partial charge in [-0.15, -0.1) is 0 Å². The van der Waals surface area contributed by atoms with E-state index in [1.54, 1.807) is 24.3 Å². The number of amides is 1. The van der Waals surface area contributed by atoms with Gasteiger partial charge in [-0.05, 0) is 132 Å². The van der Waals surface area contributed by atoms with Crippen LogP contribution >= 0.6 is 0 Å². The zero-order chi connectivity index (χ0) is 37.2. The standard InChI is InChI=1S/C15H22N2.C11H12FN.C9H11NO.C7H12N2/c1-12(2)11-17-9-7-14(8-10-17)15-6-4-5-13(3)16-15;1-8(2)5-10-4-3-9(7-13)6-11(10)12;1-6-3-4-8(9(10)11)5-7(6)2;1-3-7-5-8-6-9(7)4-2/h4-6,14H,1,7-11H2,2-3H3;3-4,6,8H,5H2,1-2H3;3-5H,1-2H3,(H2,10,11);5-6H,3-4H2,1-2H3. The van der Waals surface area contributed by atoms with Crippen molar-refractivity contribution in [2.24, 2.45) is 11.7 Å². The fourth-order valence-electron chi connectivity index (χ4n) is 5.60. The van der Waals surface area contributed by atoms with Gasteiger partial charge in [0.1, 0.15) is 5.82 Å². The van der Waals surface area contributed by atoms with Crippen LogP contribution in [0.5, 0.6) is 0 Å². The number of nitriles is 1. The number of carbonyl (C=O) groups is 1. The van der Waals surface area contributed by atoms with Crippen molar-refractivity contribution in [2.75, 3.05) is 19.6 Å². The van der Waals surface area contributed by atoms with Gasteiger partial charge in [-0.3, -0.25) is 14.7 Å². The summed E-state index contributed by atoms with van der Waals surface area (Å²) in [6.07, 6.45) is 8.04. The number of nitrogens with zero attached hydrogens (tertiary/aromatic N) is 5. The minimum absolute atomic E-state index is 0.271. The molecule has 0 spiro atoms. The van der Waals surface area contributed by atoms with Crippen molar-refractivity contribution in [2.45, 2.75) is 93.5 Å². The van der Waals surface area contributed by atoms with Crippen LogP contribution in [0.2, 0.25) is 0 Å². The van der Waals surface area contributed by atoms with Gasteiger partial charge in [0.25, 0.3) is 0 Å². The maximum Gasteiger partial charge on any atom is 0.248 e. The van der Waals surface area contributed by atoms with Gasteiger partial charge in [0.05, 0.1) is 18.0 Å². The third-order valence-electron chi connectivity index (χ3n) is 8.51. The summed E-state index contributed by atoms with van der Waals surface area (Å²) in [5.41, 5.74) is 14.0. The molecule has 0 unspecified atom stereocenters. The Morgan fingerprint density at radius 1 is 1.06 bits per heavy atom. The number of halogens is 1. The molecule has 1 amide bonds. The number of aromatic nitrogens is 3. The molecule has 1 fully saturated rings. The highest BCUT2D eigenvalue weighted by molar-refractivity contribution is 5.93. The van der Waals surface area contributed by atoms with Crippen LogP contribution in [0.1, 0.15) is 103 Å². The van der Waals surface area contributed by atoms with E-state index in [2.05, 4.69) is 71.9 Å². The van der Waals surface area contributed by atoms with Crippen LogP contribution in [0.15, 0.2) is 79.3 Å². The van der Waals surface area contributed by atoms with Crippen molar-refractivity contribution in [3.05, 3.63) is 130 Å². The monoisotopic (exact) mass is 680 g/mol. The highest BCUT2D eigenvalue weighted by Gasteiger charge is 2.21. The summed E-state index contributed by atoms with van der Waals surface area (Å²) < 4.78 is 15.4. The second kappa shape index (κ2) is 21.5. The van der Waals surface area contributed by atoms with Crippen LogP contribution < -0.4 is 5.73 Å². The number of likely N-dealkylation sites (tertiary alicyclic amines) is 1. The van der Waals surface area contributed by atoms with E-state index < -0.39 is 0 Å². The molecule has 50 heavy (non-hydrogen) atoms. The smallest absolute Gasteiger partial charge is 0.248 e. The molecule has 1 aliphatic heterocycles. The Kier molecular flexibility index (Phi) is 17.8. The first-order valence-electron chi connectivity index (χ1n) is 17.6. The van der Waals surface area contributed by atoms with E-state index in [1.165, 1.54) is 54.5 Å². The number of imidazole rings is 1. The van der Waals surface area contributed by atoms with Crippen molar-refractivity contribution in [3.8, 4) is 6.07 Å². The number of benzene rings is 2. The molecule has 0 radical (unpaired) electrons. The molecular formula is C42H57FN6O. The zero-order valence-electron chi connectivity index (χ0n) is 31.5. The summed E-state index contributed by atoms with van der Waals surface area (Å²) in [7, 11) is 0. The Morgan fingerprint density at radius 3 is 2.26 bits per heavy atom. The quantitative estimate of drug-likeness (QED) is 0.187. The van der Waals surface area contributed by atoms with Crippen molar-refractivity contribution in [3.63, 3.8) is 0 Å². The van der Waals surface area contributed by atoms with Crippen LogP contribution in [-0.4, -0.2) is 45.0 Å². The van der Waals surface area contributed by atoms with E-state index in [-0.39, 0.29) is 11.7 Å². The molecule has 0 aliphatic carbocycles. The van der Waals surface area contributed by atoms with E-state index in [0.29, 0.717) is 28.5 Å². The normalized spacial score (nSPS) is 12.7. The Morgan fingerprint density at radius 2 is 1.76 bits per heavy atom. The number of hydrogen-bond acceptors (Lipinski definition) is 5. The molecule has 7 nitrogen and oxygen atoms in total. The maximum atomic E-state index is 13.2. The van der Waals surface area contributed by atoms with Gasteiger partial charge in [0.15, 0.2) is 0 Å². The van der Waals surface area contributed by atoms with Gasteiger partial charge in [-0.1, -0.05) is 51.1 Å². The molecular weight excluding hydrogens is 624 g/mol. The average Bonchev–Trinajstić information content (AvgIpc) is 3.56. The van der Waals surface area contributed by atoms with E-state index in [0.717, 1.165) is 37.2 Å². The molecule has 5 rings (SSSR count). The molecule has 268 valence electrons. The fourth-order valence-corrected chi connectivity index (χ4v) is 5.60. The summed E-state index contributed by atoms with van der Waals surface area (Å²) in [5, 5.41) is 8.52. The van der Waals surface area contributed by atoms with Crippen molar-refractivity contribution >= 4 is 5.91 Å². The second-order valence-electron chi connectivity index (χ2n) is 13.4. The highest BCUT2D eigenvalue weighted by atomic mass is 19.1. The molecule has 2 aromatic carbocycles. The van der Waals surface area contributed by atoms with E-state index in [1.807, 2.05) is 52.4 Å². The molecule has 4 aromatic rings. The van der Waals surface area contributed by atoms with Gasteiger partial charge >= 0.3 is 0 Å². The number of rotatable bonds is 8. The Balaban J connectivity index is 0.000000238. The number of piperidine rings is 1. The predicted octanol–water partition coefficient (Wildman–Crippen LogP) is 8.91. The van der Waals surface area contributed by atoms with Crippen LogP contribution in [0.4, 0.5) is 4.39 Å². The van der Waals surface area contributed by atoms with E-state index in [9.17, 15) is 9.18 Å². The van der Waals surface area contributed by atoms with E-state index in [4.69, 9.17) is 11.0 Å². The first-order chi connectivity index (χ1) is 23.8. The molecule has 3 heterocycles. The van der Waals surface area contributed by atoms with Gasteiger partial charge in [-0.25, -0.2) is 9.37 Å². The SMILES string of the molecule is C=C(C)CN1CCC(c2cccc(C)n2)CC1.CC(C)Cc1ccc(C#N)cc1F.CCc1cncn1CC.Cc1ccc(C(N)=O)cc1C. The number of aryl methyl sites for hydroxylation is 5. The van der Waals surface area contributed by atoms with Gasteiger partial charge < -0.3 is 10.3 Å². The van der Waals surface area contributed by atoms with Crippen molar-refractivity contribution < 1.29 is 9.18 Å². The minimum atomic E-state index is -0.367. The lowest BCUT2D eigenvalue weighted by molar-refractivity contribution is 0.1000. The van der Waals surface area contributed by atoms with Crippen molar-refractivity contribution in [1.29, 1.82) is 5.26 Å². The largest absolute Gasteiger partial charge is 0.366 e. The molecule has 1 aliphatic rings. The number of pyridine rings is 1. The summed E-state index contributed by atoms with van der Waals surface area (Å²) in [6, 6.07) is 18.3. The third kappa shape index (κ3) is 14.5. The molecule has 1 saturated heterocycles. The van der Waals surface area contributed by atoms with Gasteiger partial charge in [-0.2, -0.15) is 5.26 Å². The molecule has 8 heteroatoms. The Hall–Kier alpha value is -4.61. The number of nitrogens with two attached hydrogens (primary N) is 1. The third-order valence-corrected chi connectivity index (χ3v) is 8.51. The lowest BCUT2D eigenvalue weighted by atomic mass is 9.93. The minimum Gasteiger partial charge on any atom is -0.366 e. The van der Waals surface area contributed by atoms with Gasteiger partial charge in [0.2, 0.25) is 5.91 Å².